The van der Waals surface area contributed by atoms with E-state index < -0.39 is 30.9 Å². The summed E-state index contributed by atoms with van der Waals surface area (Å²) in [4.78, 5) is 23.4. The van der Waals surface area contributed by atoms with Crippen molar-refractivity contribution in [3.05, 3.63) is 64.9 Å². The summed E-state index contributed by atoms with van der Waals surface area (Å²) < 4.78 is 23.1. The highest BCUT2D eigenvalue weighted by Crippen LogP contribution is 2.17. The van der Waals surface area contributed by atoms with Crippen molar-refractivity contribution in [1.82, 2.24) is 5.32 Å². The Morgan fingerprint density at radius 1 is 1.16 bits per heavy atom. The van der Waals surface area contributed by atoms with Crippen molar-refractivity contribution in [1.29, 1.82) is 0 Å². The number of benzene rings is 2. The molecule has 132 valence electrons. The first-order valence-electron chi connectivity index (χ1n) is 7.53. The molecule has 0 aromatic heterocycles. The second-order valence-corrected chi connectivity index (χ2v) is 5.66. The summed E-state index contributed by atoms with van der Waals surface area (Å²) in [7, 11) is 0. The van der Waals surface area contributed by atoms with E-state index in [1.54, 1.807) is 31.2 Å². The number of carbonyl (C=O) groups is 2. The van der Waals surface area contributed by atoms with E-state index in [1.807, 2.05) is 6.07 Å². The van der Waals surface area contributed by atoms with Crippen LogP contribution in [0.2, 0.25) is 5.02 Å². The van der Waals surface area contributed by atoms with Gasteiger partial charge in [0, 0.05) is 5.02 Å². The Balaban J connectivity index is 1.74. The quantitative estimate of drug-likeness (QED) is 0.765. The van der Waals surface area contributed by atoms with Gasteiger partial charge in [0.2, 0.25) is 0 Å². The van der Waals surface area contributed by atoms with Gasteiger partial charge in [-0.25, -0.2) is 9.18 Å². The maximum absolute atomic E-state index is 13.3. The molecule has 1 atom stereocenters. The second-order valence-electron chi connectivity index (χ2n) is 5.22. The zero-order valence-electron chi connectivity index (χ0n) is 13.5. The zero-order valence-corrected chi connectivity index (χ0v) is 14.3. The van der Waals surface area contributed by atoms with Crippen LogP contribution in [0.15, 0.2) is 48.5 Å². The number of para-hydroxylation sites is 1. The summed E-state index contributed by atoms with van der Waals surface area (Å²) >= 11 is 5.90. The van der Waals surface area contributed by atoms with Gasteiger partial charge >= 0.3 is 5.97 Å². The third-order valence-electron chi connectivity index (χ3n) is 3.27. The third-order valence-corrected chi connectivity index (χ3v) is 3.51. The van der Waals surface area contributed by atoms with E-state index in [9.17, 15) is 14.0 Å². The highest BCUT2D eigenvalue weighted by molar-refractivity contribution is 6.30. The number of esters is 1. The topological polar surface area (TPSA) is 64.6 Å². The maximum atomic E-state index is 13.3. The van der Waals surface area contributed by atoms with Crippen LogP contribution in [0.3, 0.4) is 0 Å². The maximum Gasteiger partial charge on any atom is 0.344 e. The molecule has 2 aromatic rings. The number of hydrogen-bond donors (Lipinski definition) is 1. The van der Waals surface area contributed by atoms with Crippen LogP contribution in [-0.2, 0) is 14.3 Å². The first kappa shape index (κ1) is 18.7. The molecule has 0 heterocycles. The lowest BCUT2D eigenvalue weighted by Gasteiger charge is -2.14. The third kappa shape index (κ3) is 6.08. The molecule has 0 radical (unpaired) electrons. The molecule has 7 heteroatoms. The lowest BCUT2D eigenvalue weighted by Crippen LogP contribution is -2.32. The van der Waals surface area contributed by atoms with Crippen molar-refractivity contribution in [2.75, 3.05) is 13.2 Å². The first-order valence-corrected chi connectivity index (χ1v) is 7.91. The lowest BCUT2D eigenvalue weighted by atomic mass is 10.1. The standard InChI is InChI=1S/C18H17ClFNO4/c1-12(13-5-4-6-14(19)9-13)21-17(22)10-25-18(23)11-24-16-8-3-2-7-15(16)20/h2-9,12H,10-11H2,1H3,(H,21,22)/t12-/m1/s1. The molecule has 0 unspecified atom stereocenters. The van der Waals surface area contributed by atoms with Crippen LogP contribution >= 0.6 is 11.6 Å². The van der Waals surface area contributed by atoms with E-state index >= 15 is 0 Å². The summed E-state index contributed by atoms with van der Waals surface area (Å²) in [6.45, 7) is 0.842. The van der Waals surface area contributed by atoms with Crippen molar-refractivity contribution >= 4 is 23.5 Å². The van der Waals surface area contributed by atoms with Gasteiger partial charge in [0.05, 0.1) is 6.04 Å². The Bertz CT molecular complexity index is 753. The lowest BCUT2D eigenvalue weighted by molar-refractivity contribution is -0.150. The van der Waals surface area contributed by atoms with Crippen molar-refractivity contribution in [3.63, 3.8) is 0 Å². The molecule has 25 heavy (non-hydrogen) atoms. The fourth-order valence-electron chi connectivity index (χ4n) is 2.03. The zero-order chi connectivity index (χ0) is 18.2. The van der Waals surface area contributed by atoms with Gasteiger partial charge in [0.15, 0.2) is 24.8 Å². The van der Waals surface area contributed by atoms with E-state index in [1.165, 1.54) is 18.2 Å². The van der Waals surface area contributed by atoms with Crippen LogP contribution in [-0.4, -0.2) is 25.1 Å². The molecule has 0 aliphatic heterocycles. The van der Waals surface area contributed by atoms with Crippen LogP contribution in [0, 0.1) is 5.82 Å². The predicted molar refractivity (Wildman–Crippen MR) is 90.9 cm³/mol. The Morgan fingerprint density at radius 2 is 1.92 bits per heavy atom. The highest BCUT2D eigenvalue weighted by Gasteiger charge is 2.13. The van der Waals surface area contributed by atoms with Crippen molar-refractivity contribution in [2.45, 2.75) is 13.0 Å². The van der Waals surface area contributed by atoms with Crippen LogP contribution in [0.25, 0.3) is 0 Å². The largest absolute Gasteiger partial charge is 0.479 e. The monoisotopic (exact) mass is 365 g/mol. The molecule has 0 spiro atoms. The van der Waals surface area contributed by atoms with E-state index in [4.69, 9.17) is 21.1 Å². The predicted octanol–water partition coefficient (Wildman–Crippen LogP) is 3.28. The fourth-order valence-corrected chi connectivity index (χ4v) is 2.23. The fraction of sp³-hybridized carbons (Fsp3) is 0.222. The normalized spacial score (nSPS) is 11.5. The minimum absolute atomic E-state index is 0.0570. The number of amides is 1. The molecule has 0 aliphatic carbocycles. The molecule has 1 amide bonds. The van der Waals surface area contributed by atoms with Crippen LogP contribution in [0.1, 0.15) is 18.5 Å². The Kier molecular flexibility index (Phi) is 6.77. The number of carbonyl (C=O) groups excluding carboxylic acids is 2. The minimum Gasteiger partial charge on any atom is -0.479 e. The minimum atomic E-state index is -0.770. The summed E-state index contributed by atoms with van der Waals surface area (Å²) in [5.41, 5.74) is 0.829. The number of halogens is 2. The number of hydrogen-bond acceptors (Lipinski definition) is 4. The smallest absolute Gasteiger partial charge is 0.344 e. The first-order chi connectivity index (χ1) is 12.0. The Labute approximate surface area is 149 Å². The molecule has 0 saturated carbocycles. The molecule has 0 aliphatic rings. The van der Waals surface area contributed by atoms with Gasteiger partial charge in [-0.05, 0) is 36.8 Å². The summed E-state index contributed by atoms with van der Waals surface area (Å²) in [5, 5.41) is 3.25. The van der Waals surface area contributed by atoms with Crippen molar-refractivity contribution < 1.29 is 23.5 Å². The number of nitrogens with one attached hydrogen (secondary N) is 1. The van der Waals surface area contributed by atoms with Gasteiger partial charge in [-0.1, -0.05) is 35.9 Å². The number of rotatable bonds is 7. The average molecular weight is 366 g/mol. The molecular weight excluding hydrogens is 349 g/mol. The summed E-state index contributed by atoms with van der Waals surface area (Å²) in [6, 6.07) is 12.5. The van der Waals surface area contributed by atoms with E-state index in [0.29, 0.717) is 5.02 Å². The van der Waals surface area contributed by atoms with E-state index in [2.05, 4.69) is 5.32 Å². The molecular formula is C18H17ClFNO4. The van der Waals surface area contributed by atoms with E-state index in [0.717, 1.165) is 5.56 Å². The van der Waals surface area contributed by atoms with Gasteiger partial charge in [-0.3, -0.25) is 4.79 Å². The van der Waals surface area contributed by atoms with Crippen molar-refractivity contribution in [3.8, 4) is 5.75 Å². The van der Waals surface area contributed by atoms with Gasteiger partial charge in [-0.15, -0.1) is 0 Å². The van der Waals surface area contributed by atoms with E-state index in [-0.39, 0.29) is 11.8 Å². The SMILES string of the molecule is C[C@@H](NC(=O)COC(=O)COc1ccccc1F)c1cccc(Cl)c1. The van der Waals surface area contributed by atoms with Crippen LogP contribution < -0.4 is 10.1 Å². The molecule has 0 bridgehead atoms. The van der Waals surface area contributed by atoms with Crippen LogP contribution in [0.5, 0.6) is 5.75 Å². The Hall–Kier alpha value is -2.60. The molecule has 5 nitrogen and oxygen atoms in total. The molecule has 1 N–H and O–H groups in total. The van der Waals surface area contributed by atoms with Gasteiger partial charge in [-0.2, -0.15) is 0 Å². The highest BCUT2D eigenvalue weighted by atomic mass is 35.5. The Morgan fingerprint density at radius 3 is 2.64 bits per heavy atom. The molecule has 2 rings (SSSR count). The van der Waals surface area contributed by atoms with Gasteiger partial charge in [0.1, 0.15) is 0 Å². The molecule has 0 saturated heterocycles. The molecule has 2 aromatic carbocycles. The second kappa shape index (κ2) is 9.03. The van der Waals surface area contributed by atoms with Crippen molar-refractivity contribution in [2.24, 2.45) is 0 Å². The molecule has 0 fully saturated rings. The van der Waals surface area contributed by atoms with Gasteiger partial charge in [0.25, 0.3) is 5.91 Å². The number of ether oxygens (including phenoxy) is 2. The van der Waals surface area contributed by atoms with Crippen LogP contribution in [0.4, 0.5) is 4.39 Å². The summed E-state index contributed by atoms with van der Waals surface area (Å²) in [5.74, 6) is -1.87. The van der Waals surface area contributed by atoms with Gasteiger partial charge < -0.3 is 14.8 Å². The average Bonchev–Trinajstić information content (AvgIpc) is 2.59. The summed E-state index contributed by atoms with van der Waals surface area (Å²) in [6.07, 6.45) is 0.